The third-order valence-electron chi connectivity index (χ3n) is 2.99. The highest BCUT2D eigenvalue weighted by Gasteiger charge is 2.16. The van der Waals surface area contributed by atoms with E-state index in [1.807, 2.05) is 27.7 Å². The molecule has 6 nitrogen and oxygen atoms in total. The van der Waals surface area contributed by atoms with E-state index in [0.717, 1.165) is 6.42 Å². The zero-order valence-corrected chi connectivity index (χ0v) is 15.0. The monoisotopic (exact) mass is 334 g/mol. The second-order valence-electron chi connectivity index (χ2n) is 6.65. The molecule has 132 valence electrons. The van der Waals surface area contributed by atoms with E-state index in [1.54, 1.807) is 18.2 Å². The normalized spacial score (nSPS) is 10.9. The Morgan fingerprint density at radius 3 is 2.33 bits per heavy atom. The van der Waals surface area contributed by atoms with Gasteiger partial charge >= 0.3 is 0 Å². The first kappa shape index (κ1) is 19.7. The van der Waals surface area contributed by atoms with Gasteiger partial charge in [0.2, 0.25) is 5.91 Å². The van der Waals surface area contributed by atoms with Crippen LogP contribution < -0.4 is 15.4 Å². The number of ketones is 1. The predicted molar refractivity (Wildman–Crippen MR) is 93.4 cm³/mol. The van der Waals surface area contributed by atoms with Crippen molar-refractivity contribution in [2.45, 2.75) is 53.0 Å². The summed E-state index contributed by atoms with van der Waals surface area (Å²) in [6.45, 7) is 8.77. The molecule has 24 heavy (non-hydrogen) atoms. The molecular formula is C18H26N2O4. The Hall–Kier alpha value is -2.37. The number of carbonyl (C=O) groups excluding carboxylic acids is 3. The van der Waals surface area contributed by atoms with Crippen molar-refractivity contribution in [3.63, 3.8) is 0 Å². The molecule has 0 aromatic heterocycles. The number of nitrogens with one attached hydrogen (secondary N) is 2. The molecule has 0 fully saturated rings. The largest absolute Gasteiger partial charge is 0.483 e. The fourth-order valence-corrected chi connectivity index (χ4v) is 2.06. The van der Waals surface area contributed by atoms with Gasteiger partial charge in [-0.05, 0) is 52.3 Å². The van der Waals surface area contributed by atoms with E-state index in [-0.39, 0.29) is 29.7 Å². The summed E-state index contributed by atoms with van der Waals surface area (Å²) in [5.74, 6) is -0.254. The molecule has 1 aromatic carbocycles. The molecule has 1 rings (SSSR count). The van der Waals surface area contributed by atoms with Crippen LogP contribution in [0.4, 0.5) is 5.69 Å². The molecule has 0 saturated heterocycles. The maximum Gasteiger partial charge on any atom is 0.258 e. The van der Waals surface area contributed by atoms with E-state index in [2.05, 4.69) is 10.6 Å². The van der Waals surface area contributed by atoms with Crippen molar-refractivity contribution in [3.05, 3.63) is 23.8 Å². The Bertz CT molecular complexity index is 618. The van der Waals surface area contributed by atoms with Gasteiger partial charge in [0, 0.05) is 17.6 Å². The summed E-state index contributed by atoms with van der Waals surface area (Å²) in [6, 6.07) is 4.80. The Morgan fingerprint density at radius 1 is 1.12 bits per heavy atom. The average molecular weight is 334 g/mol. The van der Waals surface area contributed by atoms with Crippen LogP contribution in [-0.2, 0) is 9.59 Å². The Kier molecular flexibility index (Phi) is 6.95. The number of benzene rings is 1. The molecule has 0 aliphatic rings. The maximum absolute atomic E-state index is 11.8. The maximum atomic E-state index is 11.8. The topological polar surface area (TPSA) is 84.5 Å². The smallest absolute Gasteiger partial charge is 0.258 e. The molecule has 1 aromatic rings. The molecule has 0 radical (unpaired) electrons. The number of anilines is 1. The van der Waals surface area contributed by atoms with Crippen molar-refractivity contribution >= 4 is 23.3 Å². The van der Waals surface area contributed by atoms with E-state index in [1.165, 1.54) is 6.92 Å². The molecule has 2 amide bonds. The van der Waals surface area contributed by atoms with Crippen LogP contribution in [0.3, 0.4) is 0 Å². The summed E-state index contributed by atoms with van der Waals surface area (Å²) in [5, 5.41) is 5.52. The molecule has 0 heterocycles. The second kappa shape index (κ2) is 8.47. The van der Waals surface area contributed by atoms with Gasteiger partial charge in [0.25, 0.3) is 5.91 Å². The van der Waals surface area contributed by atoms with E-state index < -0.39 is 0 Å². The van der Waals surface area contributed by atoms with Gasteiger partial charge in [-0.15, -0.1) is 0 Å². The van der Waals surface area contributed by atoms with Gasteiger partial charge in [-0.25, -0.2) is 0 Å². The summed E-state index contributed by atoms with van der Waals surface area (Å²) in [7, 11) is 0. The first-order valence-electron chi connectivity index (χ1n) is 8.01. The predicted octanol–water partition coefficient (Wildman–Crippen LogP) is 2.92. The van der Waals surface area contributed by atoms with Crippen LogP contribution in [0.2, 0.25) is 0 Å². The van der Waals surface area contributed by atoms with E-state index in [0.29, 0.717) is 23.4 Å². The molecule has 0 saturated carbocycles. The lowest BCUT2D eigenvalue weighted by Gasteiger charge is -2.20. The van der Waals surface area contributed by atoms with Crippen LogP contribution in [0.15, 0.2) is 18.2 Å². The number of rotatable bonds is 7. The fourth-order valence-electron chi connectivity index (χ4n) is 2.06. The number of Topliss-reactive ketones (excluding diaryl/α,β-unsaturated/α-hetero) is 1. The summed E-state index contributed by atoms with van der Waals surface area (Å²) >= 11 is 0. The second-order valence-corrected chi connectivity index (χ2v) is 6.65. The Balaban J connectivity index is 2.82. The van der Waals surface area contributed by atoms with Gasteiger partial charge in [0.05, 0.1) is 5.56 Å². The van der Waals surface area contributed by atoms with Crippen molar-refractivity contribution in [2.75, 3.05) is 11.9 Å². The molecule has 0 unspecified atom stereocenters. The molecule has 0 aliphatic carbocycles. The molecule has 2 N–H and O–H groups in total. The highest BCUT2D eigenvalue weighted by atomic mass is 16.5. The summed E-state index contributed by atoms with van der Waals surface area (Å²) in [5.41, 5.74) is 0.509. The summed E-state index contributed by atoms with van der Waals surface area (Å²) in [4.78, 5) is 35.3. The minimum atomic E-state index is -0.350. The number of carbonyl (C=O) groups is 3. The molecule has 0 aliphatic heterocycles. The lowest BCUT2D eigenvalue weighted by Crippen LogP contribution is -2.43. The van der Waals surface area contributed by atoms with Crippen molar-refractivity contribution in [2.24, 2.45) is 0 Å². The minimum absolute atomic E-state index is 0.106. The third-order valence-corrected chi connectivity index (χ3v) is 2.99. The number of ether oxygens (including phenoxy) is 1. The van der Waals surface area contributed by atoms with Gasteiger partial charge in [-0.1, -0.05) is 6.92 Å². The zero-order chi connectivity index (χ0) is 18.3. The van der Waals surface area contributed by atoms with Gasteiger partial charge in [-0.3, -0.25) is 14.4 Å². The average Bonchev–Trinajstić information content (AvgIpc) is 2.44. The summed E-state index contributed by atoms with van der Waals surface area (Å²) < 4.78 is 5.47. The first-order chi connectivity index (χ1) is 11.1. The number of amides is 2. The van der Waals surface area contributed by atoms with Gasteiger partial charge in [-0.2, -0.15) is 0 Å². The van der Waals surface area contributed by atoms with Crippen molar-refractivity contribution in [1.29, 1.82) is 0 Å². The van der Waals surface area contributed by atoms with Crippen molar-refractivity contribution in [3.8, 4) is 5.75 Å². The first-order valence-corrected chi connectivity index (χ1v) is 8.01. The highest BCUT2D eigenvalue weighted by molar-refractivity contribution is 5.99. The number of hydrogen-bond donors (Lipinski definition) is 2. The molecule has 6 heteroatoms. The van der Waals surface area contributed by atoms with Crippen LogP contribution >= 0.6 is 0 Å². The molecule has 0 atom stereocenters. The van der Waals surface area contributed by atoms with Gasteiger partial charge < -0.3 is 15.4 Å². The highest BCUT2D eigenvalue weighted by Crippen LogP contribution is 2.23. The zero-order valence-electron chi connectivity index (χ0n) is 15.0. The van der Waals surface area contributed by atoms with Gasteiger partial charge in [0.1, 0.15) is 5.75 Å². The van der Waals surface area contributed by atoms with Crippen LogP contribution in [0.1, 0.15) is 57.8 Å². The fraction of sp³-hybridized carbons (Fsp3) is 0.500. The van der Waals surface area contributed by atoms with Crippen LogP contribution in [0.25, 0.3) is 0 Å². The van der Waals surface area contributed by atoms with Crippen LogP contribution in [0.5, 0.6) is 5.75 Å². The summed E-state index contributed by atoms with van der Waals surface area (Å²) in [6.07, 6.45) is 1.16. The quantitative estimate of drug-likeness (QED) is 0.751. The van der Waals surface area contributed by atoms with Crippen molar-refractivity contribution in [1.82, 2.24) is 5.32 Å². The molecule has 0 spiro atoms. The van der Waals surface area contributed by atoms with Gasteiger partial charge in [0.15, 0.2) is 12.4 Å². The standard InChI is InChI=1S/C18H26N2O4/c1-6-7-16(22)19-13-8-9-15(14(10-13)12(2)21)24-11-17(23)20-18(3,4)5/h8-10H,6-7,11H2,1-5H3,(H,19,22)(H,20,23). The molecule has 0 bridgehead atoms. The minimum Gasteiger partial charge on any atom is -0.483 e. The van der Waals surface area contributed by atoms with E-state index in [4.69, 9.17) is 4.74 Å². The van der Waals surface area contributed by atoms with Crippen LogP contribution in [0, 0.1) is 0 Å². The lowest BCUT2D eigenvalue weighted by atomic mass is 10.1. The molecular weight excluding hydrogens is 308 g/mol. The van der Waals surface area contributed by atoms with Crippen molar-refractivity contribution < 1.29 is 19.1 Å². The lowest BCUT2D eigenvalue weighted by molar-refractivity contribution is -0.124. The third kappa shape index (κ3) is 6.81. The van der Waals surface area contributed by atoms with E-state index >= 15 is 0 Å². The van der Waals surface area contributed by atoms with E-state index in [9.17, 15) is 14.4 Å². The van der Waals surface area contributed by atoms with Crippen LogP contribution in [-0.4, -0.2) is 29.7 Å². The SMILES string of the molecule is CCCC(=O)Nc1ccc(OCC(=O)NC(C)(C)C)c(C(C)=O)c1. The Morgan fingerprint density at radius 2 is 1.79 bits per heavy atom. The number of hydrogen-bond acceptors (Lipinski definition) is 4. The Labute approximate surface area is 143 Å².